The van der Waals surface area contributed by atoms with Gasteiger partial charge in [0.1, 0.15) is 11.8 Å². The van der Waals surface area contributed by atoms with Gasteiger partial charge in [0.05, 0.1) is 0 Å². The van der Waals surface area contributed by atoms with Crippen LogP contribution < -0.4 is 0 Å². The Morgan fingerprint density at radius 3 is 2.45 bits per heavy atom. The van der Waals surface area contributed by atoms with Crippen molar-refractivity contribution < 1.29 is 24.0 Å². The molecular formula is C23H31NO5. The Hall–Kier alpha value is -1.98. The van der Waals surface area contributed by atoms with E-state index in [2.05, 4.69) is 25.1 Å². The fraction of sp³-hybridized carbons (Fsp3) is 0.739. The third-order valence-corrected chi connectivity index (χ3v) is 8.26. The highest BCUT2D eigenvalue weighted by Gasteiger charge is 2.60. The topological polar surface area (TPSA) is 82.0 Å². The van der Waals surface area contributed by atoms with Crippen LogP contribution in [0.5, 0.6) is 0 Å². The highest BCUT2D eigenvalue weighted by molar-refractivity contribution is 6.43. The molecule has 0 amide bonds. The summed E-state index contributed by atoms with van der Waals surface area (Å²) >= 11 is 0. The van der Waals surface area contributed by atoms with Crippen LogP contribution in [0.4, 0.5) is 0 Å². The molecule has 0 spiro atoms. The van der Waals surface area contributed by atoms with Crippen LogP contribution >= 0.6 is 0 Å². The van der Waals surface area contributed by atoms with Gasteiger partial charge in [0, 0.05) is 32.1 Å². The lowest BCUT2D eigenvalue weighted by atomic mass is 9.48. The smallest absolute Gasteiger partial charge is 0.331 e. The summed E-state index contributed by atoms with van der Waals surface area (Å²) in [5, 5.41) is 3.90. The molecule has 0 unspecified atom stereocenters. The van der Waals surface area contributed by atoms with Crippen molar-refractivity contribution >= 4 is 23.4 Å². The number of rotatable bonds is 2. The van der Waals surface area contributed by atoms with Crippen LogP contribution in [0.2, 0.25) is 0 Å². The van der Waals surface area contributed by atoms with Gasteiger partial charge in [0.2, 0.25) is 0 Å². The lowest BCUT2D eigenvalue weighted by Crippen LogP contribution is -2.50. The number of fused-ring (bicyclic) bond motifs is 5. The predicted molar refractivity (Wildman–Crippen MR) is 107 cm³/mol. The molecule has 0 saturated heterocycles. The Kier molecular flexibility index (Phi) is 4.94. The van der Waals surface area contributed by atoms with Gasteiger partial charge >= 0.3 is 11.9 Å². The summed E-state index contributed by atoms with van der Waals surface area (Å²) in [4.78, 5) is 40.4. The number of ketones is 1. The average Bonchev–Trinajstić information content (AvgIpc) is 2.91. The summed E-state index contributed by atoms with van der Waals surface area (Å²) in [6.07, 6.45) is 8.53. The van der Waals surface area contributed by atoms with Gasteiger partial charge in [0.25, 0.3) is 0 Å². The Balaban J connectivity index is 1.59. The summed E-state index contributed by atoms with van der Waals surface area (Å²) < 4.78 is 5.50. The number of carbonyl (C=O) groups excluding carboxylic acids is 3. The molecule has 0 heterocycles. The standard InChI is InChI=1S/C23H31NO5/c1-13(25)28-16-7-9-22(3)15(11-16)5-6-17-18(22)8-10-23(4)19(17)12-20(21(23)27)24-29-14(2)26/h5,16-19H,6-12H2,1-4H3/b24-20-/t16-,17+,18-,19-,22-,23-/m1/s1. The molecule has 4 rings (SSSR count). The van der Waals surface area contributed by atoms with E-state index in [-0.39, 0.29) is 29.2 Å². The number of esters is 1. The first kappa shape index (κ1) is 20.3. The fourth-order valence-electron chi connectivity index (χ4n) is 6.77. The van der Waals surface area contributed by atoms with Gasteiger partial charge in [-0.2, -0.15) is 0 Å². The molecule has 3 saturated carbocycles. The number of Topliss-reactive ketones (excluding diaryl/α,β-unsaturated/α-hetero) is 1. The first-order valence-corrected chi connectivity index (χ1v) is 10.8. The van der Waals surface area contributed by atoms with E-state index in [1.54, 1.807) is 0 Å². The molecule has 0 aromatic heterocycles. The molecule has 0 aromatic rings. The first-order chi connectivity index (χ1) is 13.6. The molecule has 6 heteroatoms. The minimum absolute atomic E-state index is 0.00671. The van der Waals surface area contributed by atoms with Gasteiger partial charge in [-0.3, -0.25) is 9.59 Å². The first-order valence-electron chi connectivity index (χ1n) is 10.8. The molecule has 29 heavy (non-hydrogen) atoms. The number of nitrogens with zero attached hydrogens (tertiary/aromatic N) is 1. The normalized spacial score (nSPS) is 42.4. The zero-order valence-corrected chi connectivity index (χ0v) is 17.8. The van der Waals surface area contributed by atoms with Crippen LogP contribution in [0.3, 0.4) is 0 Å². The van der Waals surface area contributed by atoms with Crippen molar-refractivity contribution in [3.05, 3.63) is 11.6 Å². The zero-order valence-electron chi connectivity index (χ0n) is 17.8. The second-order valence-corrected chi connectivity index (χ2v) is 9.84. The van der Waals surface area contributed by atoms with Crippen LogP contribution in [-0.2, 0) is 24.0 Å². The van der Waals surface area contributed by atoms with Gasteiger partial charge < -0.3 is 9.57 Å². The van der Waals surface area contributed by atoms with Gasteiger partial charge in [-0.1, -0.05) is 30.7 Å². The summed E-state index contributed by atoms with van der Waals surface area (Å²) in [6.45, 7) is 7.22. The van der Waals surface area contributed by atoms with Gasteiger partial charge in [-0.05, 0) is 55.3 Å². The van der Waals surface area contributed by atoms with Crippen molar-refractivity contribution in [3.63, 3.8) is 0 Å². The second kappa shape index (κ2) is 7.06. The van der Waals surface area contributed by atoms with Crippen LogP contribution in [0, 0.1) is 28.6 Å². The summed E-state index contributed by atoms with van der Waals surface area (Å²) in [5.74, 6) is 0.557. The lowest BCUT2D eigenvalue weighted by Gasteiger charge is -2.56. The van der Waals surface area contributed by atoms with E-state index < -0.39 is 11.4 Å². The highest BCUT2D eigenvalue weighted by atomic mass is 16.7. The van der Waals surface area contributed by atoms with Crippen LogP contribution in [0.1, 0.15) is 72.6 Å². The van der Waals surface area contributed by atoms with Crippen LogP contribution in [-0.4, -0.2) is 29.5 Å². The minimum atomic E-state index is -0.495. The molecule has 3 fully saturated rings. The van der Waals surface area contributed by atoms with Crippen molar-refractivity contribution in [2.75, 3.05) is 0 Å². The number of hydrogen-bond acceptors (Lipinski definition) is 6. The van der Waals surface area contributed by atoms with Gasteiger partial charge in [0.15, 0.2) is 5.78 Å². The number of carbonyl (C=O) groups is 3. The second-order valence-electron chi connectivity index (χ2n) is 9.84. The molecule has 0 bridgehead atoms. The maximum atomic E-state index is 13.1. The van der Waals surface area contributed by atoms with Crippen molar-refractivity contribution in [2.45, 2.75) is 78.7 Å². The van der Waals surface area contributed by atoms with Crippen LogP contribution in [0.15, 0.2) is 16.8 Å². The Bertz CT molecular complexity index is 814. The third kappa shape index (κ3) is 3.24. The quantitative estimate of drug-likeness (QED) is 0.303. The summed E-state index contributed by atoms with van der Waals surface area (Å²) in [7, 11) is 0. The summed E-state index contributed by atoms with van der Waals surface area (Å²) in [6, 6.07) is 0. The van der Waals surface area contributed by atoms with Gasteiger partial charge in [-0.15, -0.1) is 0 Å². The largest absolute Gasteiger partial charge is 0.462 e. The number of hydrogen-bond donors (Lipinski definition) is 0. The molecule has 6 nitrogen and oxygen atoms in total. The Morgan fingerprint density at radius 2 is 1.76 bits per heavy atom. The Morgan fingerprint density at radius 1 is 1.03 bits per heavy atom. The molecule has 0 aliphatic heterocycles. The SMILES string of the molecule is CC(=O)O/N=C1/C[C@@H]2[C@H]3CC=C4C[C@H](OC(C)=O)CC[C@@]4(C)[C@@H]3CC[C@@]2(C)C1=O. The zero-order chi connectivity index (χ0) is 21.0. The molecule has 6 atom stereocenters. The maximum Gasteiger partial charge on any atom is 0.331 e. The van der Waals surface area contributed by atoms with Crippen molar-refractivity contribution in [1.82, 2.24) is 0 Å². The van der Waals surface area contributed by atoms with Crippen molar-refractivity contribution in [2.24, 2.45) is 33.7 Å². The van der Waals surface area contributed by atoms with E-state index >= 15 is 0 Å². The maximum absolute atomic E-state index is 13.1. The molecule has 158 valence electrons. The van der Waals surface area contributed by atoms with E-state index in [9.17, 15) is 14.4 Å². The van der Waals surface area contributed by atoms with Crippen molar-refractivity contribution in [1.29, 1.82) is 0 Å². The van der Waals surface area contributed by atoms with Gasteiger partial charge in [-0.25, -0.2) is 4.79 Å². The third-order valence-electron chi connectivity index (χ3n) is 8.26. The summed E-state index contributed by atoms with van der Waals surface area (Å²) in [5.41, 5.74) is 1.56. The molecular weight excluding hydrogens is 370 g/mol. The fourth-order valence-corrected chi connectivity index (χ4v) is 6.77. The van der Waals surface area contributed by atoms with E-state index in [1.165, 1.54) is 19.4 Å². The number of ether oxygens (including phenoxy) is 1. The number of oxime groups is 1. The van der Waals surface area contributed by atoms with E-state index in [4.69, 9.17) is 9.57 Å². The molecule has 0 N–H and O–H groups in total. The van der Waals surface area contributed by atoms with Crippen molar-refractivity contribution in [3.8, 4) is 0 Å². The molecule has 4 aliphatic rings. The van der Waals surface area contributed by atoms with E-state index in [0.717, 1.165) is 38.5 Å². The molecule has 0 aromatic carbocycles. The monoisotopic (exact) mass is 401 g/mol. The van der Waals surface area contributed by atoms with E-state index in [0.29, 0.717) is 24.0 Å². The number of allylic oxidation sites excluding steroid dienone is 1. The highest BCUT2D eigenvalue weighted by Crippen LogP contribution is 2.63. The Labute approximate surface area is 172 Å². The predicted octanol–water partition coefficient (Wildman–Crippen LogP) is 3.98. The van der Waals surface area contributed by atoms with E-state index in [1.807, 2.05) is 0 Å². The lowest BCUT2D eigenvalue weighted by molar-refractivity contribution is -0.148. The molecule has 0 radical (unpaired) electrons. The molecule has 4 aliphatic carbocycles. The minimum Gasteiger partial charge on any atom is -0.462 e. The van der Waals surface area contributed by atoms with Crippen LogP contribution in [0.25, 0.3) is 0 Å². The average molecular weight is 402 g/mol.